The lowest BCUT2D eigenvalue weighted by molar-refractivity contribution is 0.488. The molecule has 0 fully saturated rings. The molecule has 558 valence electrons. The molecular weight excluding hydrogens is 1380 g/mol. The number of hydrogen-bond acceptors (Lipinski definition) is 4. The van der Waals surface area contributed by atoms with Crippen LogP contribution in [0.4, 0.5) is 51.2 Å². The highest BCUT2D eigenvalue weighted by Gasteiger charge is 2.50. The van der Waals surface area contributed by atoms with Crippen molar-refractivity contribution in [3.05, 3.63) is 324 Å². The van der Waals surface area contributed by atoms with E-state index >= 15 is 0 Å². The summed E-state index contributed by atoms with van der Waals surface area (Å²) in [7, 11) is 0. The molecule has 0 amide bonds. The van der Waals surface area contributed by atoms with Crippen LogP contribution in [0.2, 0.25) is 0 Å². The summed E-state index contributed by atoms with van der Waals surface area (Å²) in [6.45, 7) is 39.7. The zero-order chi connectivity index (χ0) is 78.8. The molecule has 5 heterocycles. The molecule has 0 saturated carbocycles. The van der Waals surface area contributed by atoms with E-state index in [1.165, 1.54) is 110 Å². The van der Waals surface area contributed by atoms with Gasteiger partial charge in [-0.3, -0.25) is 0 Å². The molecule has 1 aliphatic carbocycles. The van der Waals surface area contributed by atoms with E-state index in [0.717, 1.165) is 96.0 Å². The third kappa shape index (κ3) is 11.0. The molecule has 14 aromatic carbocycles. The molecule has 0 N–H and O–H groups in total. The Morgan fingerprint density at radius 2 is 0.746 bits per heavy atom. The first-order valence-electron chi connectivity index (χ1n) is 41.1. The third-order valence-corrected chi connectivity index (χ3v) is 25.7. The van der Waals surface area contributed by atoms with Gasteiger partial charge in [0.05, 0.1) is 22.4 Å². The van der Waals surface area contributed by atoms with Gasteiger partial charge in [-0.15, -0.1) is 0 Å². The number of ether oxygens (including phenoxy) is 1. The maximum Gasteiger partial charge on any atom is 0.256 e. The normalized spacial score (nSPS) is 14.4. The van der Waals surface area contributed by atoms with E-state index in [1.54, 1.807) is 0 Å². The maximum atomic E-state index is 8.24. The second-order valence-electron chi connectivity index (χ2n) is 38.5. The van der Waals surface area contributed by atoms with Crippen molar-refractivity contribution in [3.63, 3.8) is 0 Å². The van der Waals surface area contributed by atoms with Crippen molar-refractivity contribution in [2.45, 2.75) is 150 Å². The first kappa shape index (κ1) is 71.3. The van der Waals surface area contributed by atoms with Crippen LogP contribution in [0, 0.1) is 0 Å². The van der Waals surface area contributed by atoms with Crippen molar-refractivity contribution in [1.29, 1.82) is 0 Å². The molecule has 0 atom stereocenters. The van der Waals surface area contributed by atoms with Gasteiger partial charge in [0.2, 0.25) is 0 Å². The lowest BCUT2D eigenvalue weighted by atomic mass is 9.30. The summed E-state index contributed by atoms with van der Waals surface area (Å²) in [5.41, 5.74) is 38.5. The smallest absolute Gasteiger partial charge is 0.256 e. The quantitative estimate of drug-likeness (QED) is 0.148. The van der Waals surface area contributed by atoms with E-state index in [4.69, 9.17) is 4.74 Å². The Morgan fingerprint density at radius 1 is 0.281 bits per heavy atom. The Hall–Kier alpha value is -11.8. The van der Waals surface area contributed by atoms with Crippen LogP contribution in [0.15, 0.2) is 285 Å². The average Bonchev–Trinajstić information content (AvgIpc) is 1.03. The number of benzene rings is 14. The predicted molar refractivity (Wildman–Crippen MR) is 488 cm³/mol. The number of rotatable bonds is 7. The highest BCUT2D eigenvalue weighted by atomic mass is 16.5. The largest absolute Gasteiger partial charge is 0.458 e. The third-order valence-electron chi connectivity index (χ3n) is 25.7. The summed E-state index contributed by atoms with van der Waals surface area (Å²) in [5, 5.41) is 2.51. The van der Waals surface area contributed by atoms with Crippen LogP contribution < -0.4 is 52.2 Å². The van der Waals surface area contributed by atoms with Crippen LogP contribution in [-0.4, -0.2) is 18.0 Å². The van der Waals surface area contributed by atoms with E-state index < -0.39 is 0 Å². The minimum absolute atomic E-state index is 0.0685. The van der Waals surface area contributed by atoms with Crippen LogP contribution in [0.5, 0.6) is 11.5 Å². The fourth-order valence-corrected chi connectivity index (χ4v) is 19.7. The lowest BCUT2D eigenvalue weighted by Gasteiger charge is -2.46. The van der Waals surface area contributed by atoms with Crippen LogP contribution in [-0.2, 0) is 32.5 Å². The molecule has 1 aromatic heterocycles. The number of aromatic nitrogens is 1. The molecule has 0 unspecified atom stereocenters. The minimum Gasteiger partial charge on any atom is -0.458 e. The van der Waals surface area contributed by atoms with Crippen molar-refractivity contribution < 1.29 is 4.74 Å². The summed E-state index contributed by atoms with van der Waals surface area (Å²) in [4.78, 5) is 7.89. The van der Waals surface area contributed by atoms with Crippen LogP contribution in [0.3, 0.4) is 0 Å². The van der Waals surface area contributed by atoms with E-state index in [2.05, 4.69) is 422 Å². The summed E-state index contributed by atoms with van der Waals surface area (Å²) in [6, 6.07) is 110. The standard InChI is InChI=1S/C107H98B2N4O/c1-102(2,3)68-48-50-88-81(57-68)82-58-69(103(4,5)6)49-51-89(82)111(88)75-61-94-99-95(62-75)112(74-55-70(104(7,8)9)54-71(56-74)105(10,11)12)92-64-96-87(63-86(92)108(99)84-44-29-31-46-90(84)110(94)73-38-25-20-26-39-73)109-85-45-30-32-47-91(85)113(101-79(65-34-21-18-22-35-65)59-72(106(13,14)15)60-80(101)66-36-23-19-24-37-66)93-52-67(53-97(114-96)100(93)109)76-41-33-42-78-77-40-27-28-43-83(77)107(16,17)98(76)78/h18-64H,1-17H3. The monoisotopic (exact) mass is 1480 g/mol. The molecule has 5 aliphatic rings. The molecule has 7 heteroatoms. The average molecular weight is 1480 g/mol. The zero-order valence-electron chi connectivity index (χ0n) is 69.0. The number of nitrogens with zero attached hydrogens (tertiary/aromatic N) is 4. The first-order chi connectivity index (χ1) is 54.5. The van der Waals surface area contributed by atoms with Crippen molar-refractivity contribution in [1.82, 2.24) is 4.57 Å². The number of anilines is 9. The molecule has 20 rings (SSSR count). The number of para-hydroxylation sites is 3. The van der Waals surface area contributed by atoms with Crippen LogP contribution >= 0.6 is 0 Å². The van der Waals surface area contributed by atoms with Gasteiger partial charge in [-0.1, -0.05) is 300 Å². The number of fused-ring (bicyclic) bond motifs is 14. The highest BCUT2D eigenvalue weighted by molar-refractivity contribution is 7.02. The van der Waals surface area contributed by atoms with E-state index in [9.17, 15) is 0 Å². The van der Waals surface area contributed by atoms with E-state index in [1.807, 2.05) is 0 Å². The van der Waals surface area contributed by atoms with Crippen molar-refractivity contribution >= 4 is 119 Å². The Bertz CT molecular complexity index is 6360. The SMILES string of the molecule is CC(C)(C)c1cc(N2c3cc4c(cc3B3c5ccccc5N(c5ccccc5)c5cc(-n6c7ccc(C(C)(C)C)cc7c7cc(C(C)(C)C)ccc76)cc2c53)B2c3ccccc3N(c3c(-c5ccccc5)cc(C(C)(C)C)cc3-c3ccccc3)c3cc(-c5cccc6c5C(C)(C)c5ccccc5-6)cc(c32)O4)cc(C(C)(C)C)c1. The fraction of sp³-hybridized carbons (Fsp3) is 0.215. The Kier molecular flexibility index (Phi) is 15.7. The van der Waals surface area contributed by atoms with Gasteiger partial charge < -0.3 is 24.0 Å². The number of hydrogen-bond donors (Lipinski definition) is 0. The zero-order valence-corrected chi connectivity index (χ0v) is 69.0. The molecule has 5 nitrogen and oxygen atoms in total. The summed E-state index contributed by atoms with van der Waals surface area (Å²) < 4.78 is 10.8. The van der Waals surface area contributed by atoms with E-state index in [-0.39, 0.29) is 45.9 Å². The molecular formula is C107H98B2N4O. The van der Waals surface area contributed by atoms with Gasteiger partial charge in [0.15, 0.2) is 0 Å². The summed E-state index contributed by atoms with van der Waals surface area (Å²) in [5.74, 6) is 1.70. The Morgan fingerprint density at radius 3 is 1.31 bits per heavy atom. The van der Waals surface area contributed by atoms with Crippen LogP contribution in [0.1, 0.15) is 157 Å². The molecule has 0 saturated heterocycles. The van der Waals surface area contributed by atoms with Crippen molar-refractivity contribution in [2.75, 3.05) is 14.7 Å². The van der Waals surface area contributed by atoms with Gasteiger partial charge in [-0.25, -0.2) is 0 Å². The molecule has 0 spiro atoms. The highest BCUT2D eigenvalue weighted by Crippen LogP contribution is 2.57. The van der Waals surface area contributed by atoms with Gasteiger partial charge in [0.25, 0.3) is 13.4 Å². The van der Waals surface area contributed by atoms with Gasteiger partial charge in [-0.2, -0.15) is 0 Å². The van der Waals surface area contributed by atoms with Crippen molar-refractivity contribution in [2.24, 2.45) is 0 Å². The van der Waals surface area contributed by atoms with Crippen LogP contribution in [0.25, 0.3) is 72.0 Å². The molecule has 114 heavy (non-hydrogen) atoms. The predicted octanol–water partition coefficient (Wildman–Crippen LogP) is 25.1. The lowest BCUT2D eigenvalue weighted by Crippen LogP contribution is -2.64. The summed E-state index contributed by atoms with van der Waals surface area (Å²) in [6.07, 6.45) is 0. The Balaban J connectivity index is 0.908. The van der Waals surface area contributed by atoms with Gasteiger partial charge in [0.1, 0.15) is 11.5 Å². The van der Waals surface area contributed by atoms with Gasteiger partial charge in [-0.05, 0) is 229 Å². The second kappa shape index (κ2) is 25.1. The molecule has 4 aliphatic heterocycles. The van der Waals surface area contributed by atoms with Crippen molar-refractivity contribution in [3.8, 4) is 61.7 Å². The Labute approximate surface area is 674 Å². The van der Waals surface area contributed by atoms with Gasteiger partial charge >= 0.3 is 0 Å². The van der Waals surface area contributed by atoms with E-state index in [0.29, 0.717) is 0 Å². The minimum atomic E-state index is -0.305. The summed E-state index contributed by atoms with van der Waals surface area (Å²) >= 11 is 0. The maximum absolute atomic E-state index is 8.24. The van der Waals surface area contributed by atoms with Gasteiger partial charge in [0, 0.05) is 78.9 Å². The molecule has 15 aromatic rings. The molecule has 0 radical (unpaired) electrons. The fourth-order valence-electron chi connectivity index (χ4n) is 19.7. The topological polar surface area (TPSA) is 23.9 Å². The first-order valence-corrected chi connectivity index (χ1v) is 41.1. The second-order valence-corrected chi connectivity index (χ2v) is 38.5. The molecule has 0 bridgehead atoms.